The summed E-state index contributed by atoms with van der Waals surface area (Å²) in [5, 5.41) is 10.1. The number of rotatable bonds is 6. The number of amidine groups is 1. The van der Waals surface area contributed by atoms with Crippen molar-refractivity contribution < 1.29 is 14.6 Å². The highest BCUT2D eigenvalue weighted by Gasteiger charge is 2.44. The first-order valence-corrected chi connectivity index (χ1v) is 11.2. The molecule has 3 rings (SSSR count). The molecule has 0 radical (unpaired) electrons. The zero-order valence-electron chi connectivity index (χ0n) is 20.0. The molecule has 1 aromatic carbocycles. The number of carboxylic acid groups (broad SMARTS) is 1. The fraction of sp³-hybridized carbons (Fsp3) is 0.600. The van der Waals surface area contributed by atoms with E-state index < -0.39 is 12.0 Å². The van der Waals surface area contributed by atoms with E-state index in [-0.39, 0.29) is 11.5 Å². The summed E-state index contributed by atoms with van der Waals surface area (Å²) in [5.74, 6) is 1.22. The topological polar surface area (TPSA) is 65.4 Å². The lowest BCUT2D eigenvalue weighted by molar-refractivity contribution is -0.143. The average Bonchev–Trinajstić information content (AvgIpc) is 2.71. The summed E-state index contributed by atoms with van der Waals surface area (Å²) in [7, 11) is 1.66. The highest BCUT2D eigenvalue weighted by molar-refractivity contribution is 5.90. The molecule has 6 nitrogen and oxygen atoms in total. The van der Waals surface area contributed by atoms with Crippen molar-refractivity contribution in [2.75, 3.05) is 20.2 Å². The number of hydrogen-bond donors (Lipinski definition) is 1. The molecule has 1 aromatic rings. The van der Waals surface area contributed by atoms with Crippen LogP contribution in [0.3, 0.4) is 0 Å². The molecule has 0 spiro atoms. The minimum Gasteiger partial charge on any atom is -0.497 e. The van der Waals surface area contributed by atoms with E-state index in [0.29, 0.717) is 19.0 Å². The van der Waals surface area contributed by atoms with Crippen molar-refractivity contribution in [3.05, 3.63) is 41.1 Å². The molecular weight excluding hydrogens is 390 g/mol. The number of benzene rings is 1. The number of aliphatic carboxylic acids is 1. The first-order chi connectivity index (χ1) is 14.6. The largest absolute Gasteiger partial charge is 0.497 e. The van der Waals surface area contributed by atoms with E-state index in [4.69, 9.17) is 9.73 Å². The Morgan fingerprint density at radius 1 is 1.26 bits per heavy atom. The molecule has 2 atom stereocenters. The second kappa shape index (κ2) is 9.03. The predicted octanol–water partition coefficient (Wildman–Crippen LogP) is 4.41. The monoisotopic (exact) mass is 427 g/mol. The van der Waals surface area contributed by atoms with Gasteiger partial charge in [-0.3, -0.25) is 9.89 Å². The summed E-state index contributed by atoms with van der Waals surface area (Å²) in [6.07, 6.45) is 0.726. The van der Waals surface area contributed by atoms with Crippen LogP contribution in [0.4, 0.5) is 0 Å². The van der Waals surface area contributed by atoms with Crippen LogP contribution in [0.5, 0.6) is 5.75 Å². The van der Waals surface area contributed by atoms with Crippen LogP contribution in [0, 0.1) is 11.3 Å². The van der Waals surface area contributed by atoms with Gasteiger partial charge >= 0.3 is 5.97 Å². The van der Waals surface area contributed by atoms with Gasteiger partial charge in [0.15, 0.2) is 0 Å². The van der Waals surface area contributed by atoms with Crippen molar-refractivity contribution in [1.82, 2.24) is 9.80 Å². The van der Waals surface area contributed by atoms with Gasteiger partial charge in [-0.05, 0) is 34.6 Å². The van der Waals surface area contributed by atoms with Gasteiger partial charge < -0.3 is 14.7 Å². The standard InChI is InChI=1S/C25H37N3O3/c1-8-21-26-23(25(4,5)6)22(16(2)3)19-14-27(15-20(24(29)30)28(19)21)13-17-9-11-18(31-7)12-10-17/h9-12,16,20,23H,8,13-15H2,1-7H3,(H,29,30). The van der Waals surface area contributed by atoms with Gasteiger partial charge in [-0.15, -0.1) is 0 Å². The Balaban J connectivity index is 2.03. The Morgan fingerprint density at radius 2 is 1.90 bits per heavy atom. The highest BCUT2D eigenvalue weighted by atomic mass is 16.5. The zero-order chi connectivity index (χ0) is 22.9. The van der Waals surface area contributed by atoms with Crippen molar-refractivity contribution in [1.29, 1.82) is 0 Å². The highest BCUT2D eigenvalue weighted by Crippen LogP contribution is 2.40. The van der Waals surface area contributed by atoms with E-state index in [1.807, 2.05) is 17.0 Å². The van der Waals surface area contributed by atoms with Crippen LogP contribution in [-0.4, -0.2) is 59.0 Å². The Bertz CT molecular complexity index is 865. The average molecular weight is 428 g/mol. The van der Waals surface area contributed by atoms with Crippen LogP contribution in [0.1, 0.15) is 53.5 Å². The Morgan fingerprint density at radius 3 is 2.39 bits per heavy atom. The number of ether oxygens (including phenoxy) is 1. The van der Waals surface area contributed by atoms with Gasteiger partial charge in [0.1, 0.15) is 17.6 Å². The third-order valence-corrected chi connectivity index (χ3v) is 6.20. The minimum atomic E-state index is -0.796. The normalized spacial score (nSPS) is 22.5. The Labute approximate surface area is 186 Å². The van der Waals surface area contributed by atoms with E-state index in [2.05, 4.69) is 58.6 Å². The third-order valence-electron chi connectivity index (χ3n) is 6.20. The van der Waals surface area contributed by atoms with Gasteiger partial charge in [-0.25, -0.2) is 4.79 Å². The zero-order valence-corrected chi connectivity index (χ0v) is 20.0. The molecule has 2 aliphatic rings. The second-order valence-electron chi connectivity index (χ2n) is 9.97. The van der Waals surface area contributed by atoms with E-state index in [9.17, 15) is 9.90 Å². The van der Waals surface area contributed by atoms with Crippen molar-refractivity contribution in [3.8, 4) is 5.75 Å². The van der Waals surface area contributed by atoms with Gasteiger partial charge in [0.05, 0.1) is 13.2 Å². The van der Waals surface area contributed by atoms with Crippen molar-refractivity contribution in [2.24, 2.45) is 16.3 Å². The Hall–Kier alpha value is -2.34. The molecule has 170 valence electrons. The fourth-order valence-electron chi connectivity index (χ4n) is 4.74. The number of piperazine rings is 1. The summed E-state index contributed by atoms with van der Waals surface area (Å²) in [4.78, 5) is 21.7. The SMILES string of the molecule is CCC1=NC(C(C)(C)C)C(C(C)C)=C2CN(Cc3ccc(OC)cc3)CC(C(=O)O)N12. The van der Waals surface area contributed by atoms with Crippen LogP contribution in [0.25, 0.3) is 0 Å². The second-order valence-corrected chi connectivity index (χ2v) is 9.97. The quantitative estimate of drug-likeness (QED) is 0.728. The number of fused-ring (bicyclic) bond motifs is 1. The van der Waals surface area contributed by atoms with E-state index >= 15 is 0 Å². The summed E-state index contributed by atoms with van der Waals surface area (Å²) < 4.78 is 5.27. The van der Waals surface area contributed by atoms with E-state index in [1.54, 1.807) is 7.11 Å². The van der Waals surface area contributed by atoms with Crippen LogP contribution in [0.15, 0.2) is 40.5 Å². The summed E-state index contributed by atoms with van der Waals surface area (Å²) in [5.41, 5.74) is 3.53. The van der Waals surface area contributed by atoms with Gasteiger partial charge in [-0.1, -0.05) is 53.7 Å². The molecule has 2 heterocycles. The molecule has 0 aromatic heterocycles. The molecule has 0 bridgehead atoms. The molecule has 0 amide bonds. The van der Waals surface area contributed by atoms with Crippen LogP contribution >= 0.6 is 0 Å². The number of hydrogen-bond acceptors (Lipinski definition) is 5. The first kappa shape index (κ1) is 23.3. The number of methoxy groups -OCH3 is 1. The lowest BCUT2D eigenvalue weighted by Crippen LogP contribution is -2.59. The molecule has 2 unspecified atom stereocenters. The van der Waals surface area contributed by atoms with Crippen molar-refractivity contribution in [2.45, 2.75) is 66.6 Å². The van der Waals surface area contributed by atoms with Gasteiger partial charge in [-0.2, -0.15) is 0 Å². The molecule has 1 saturated heterocycles. The van der Waals surface area contributed by atoms with E-state index in [0.717, 1.165) is 35.8 Å². The van der Waals surface area contributed by atoms with Crippen molar-refractivity contribution in [3.63, 3.8) is 0 Å². The minimum absolute atomic E-state index is 0.0317. The molecular formula is C25H37N3O3. The first-order valence-electron chi connectivity index (χ1n) is 11.2. The van der Waals surface area contributed by atoms with Crippen LogP contribution in [-0.2, 0) is 11.3 Å². The lowest BCUT2D eigenvalue weighted by Gasteiger charge is -2.49. The lowest BCUT2D eigenvalue weighted by atomic mass is 9.76. The third kappa shape index (κ3) is 4.79. The maximum absolute atomic E-state index is 12.3. The van der Waals surface area contributed by atoms with Crippen molar-refractivity contribution >= 4 is 11.8 Å². The molecule has 1 fully saturated rings. The van der Waals surface area contributed by atoms with Gasteiger partial charge in [0.2, 0.25) is 0 Å². The Kier molecular flexibility index (Phi) is 6.79. The summed E-state index contributed by atoms with van der Waals surface area (Å²) in [6, 6.07) is 7.45. The number of nitrogens with zero attached hydrogens (tertiary/aromatic N) is 3. The maximum atomic E-state index is 12.3. The number of carbonyl (C=O) groups is 1. The molecule has 6 heteroatoms. The molecule has 0 aliphatic carbocycles. The predicted molar refractivity (Wildman–Crippen MR) is 124 cm³/mol. The maximum Gasteiger partial charge on any atom is 0.328 e. The van der Waals surface area contributed by atoms with Gasteiger partial charge in [0, 0.05) is 31.8 Å². The van der Waals surface area contributed by atoms with E-state index in [1.165, 1.54) is 5.57 Å². The molecule has 1 N–H and O–H groups in total. The van der Waals surface area contributed by atoms with Crippen LogP contribution in [0.2, 0.25) is 0 Å². The smallest absolute Gasteiger partial charge is 0.328 e. The van der Waals surface area contributed by atoms with Gasteiger partial charge in [0.25, 0.3) is 0 Å². The number of carboxylic acids is 1. The number of aliphatic imine (C=N–C) groups is 1. The molecule has 2 aliphatic heterocycles. The van der Waals surface area contributed by atoms with Crippen LogP contribution < -0.4 is 4.74 Å². The fourth-order valence-corrected chi connectivity index (χ4v) is 4.74. The summed E-state index contributed by atoms with van der Waals surface area (Å²) >= 11 is 0. The molecule has 0 saturated carbocycles. The molecule has 31 heavy (non-hydrogen) atoms. The summed E-state index contributed by atoms with van der Waals surface area (Å²) in [6.45, 7) is 15.0.